The molecule has 0 aromatic carbocycles. The zero-order valence-corrected chi connectivity index (χ0v) is 22.4. The molecule has 2 aliphatic rings. The second-order valence-electron chi connectivity index (χ2n) is 9.16. The van der Waals surface area contributed by atoms with E-state index in [-0.39, 0.29) is 17.7 Å². The Balaban J connectivity index is 1.62. The average molecular weight is 524 g/mol. The smallest absolute Gasteiger partial charge is 0.280 e. The molecule has 1 aliphatic heterocycles. The van der Waals surface area contributed by atoms with Crippen molar-refractivity contribution in [3.63, 3.8) is 0 Å². The monoisotopic (exact) mass is 523 g/mol. The second kappa shape index (κ2) is 11.8. The van der Waals surface area contributed by atoms with Crippen LogP contribution in [0.4, 0.5) is 20.4 Å². The largest absolute Gasteiger partial charge is 0.488 e. The molecule has 194 valence electrons. The van der Waals surface area contributed by atoms with Crippen LogP contribution in [0.1, 0.15) is 45.1 Å². The minimum Gasteiger partial charge on any atom is -0.488 e. The number of piperidine rings is 1. The van der Waals surface area contributed by atoms with Crippen molar-refractivity contribution in [2.45, 2.75) is 57.3 Å². The molecule has 37 heavy (non-hydrogen) atoms. The molecule has 1 unspecified atom stereocenters. The molecule has 1 saturated carbocycles. The molecule has 3 heterocycles. The number of nitrogens with zero attached hydrogens (tertiary/aromatic N) is 5. The first-order valence-electron chi connectivity index (χ1n) is 12.4. The van der Waals surface area contributed by atoms with Crippen LogP contribution >= 0.6 is 9.24 Å². The summed E-state index contributed by atoms with van der Waals surface area (Å²) in [6.45, 7) is 8.67. The molecule has 0 radical (unpaired) electrons. The predicted molar refractivity (Wildman–Crippen MR) is 147 cm³/mol. The van der Waals surface area contributed by atoms with Crippen LogP contribution < -0.4 is 14.5 Å². The molecule has 0 spiro atoms. The summed E-state index contributed by atoms with van der Waals surface area (Å²) in [5.74, 6) is 7.23. The van der Waals surface area contributed by atoms with Gasteiger partial charge in [0.1, 0.15) is 11.4 Å². The fraction of sp³-hybridized carbons (Fsp3) is 0.393. The Hall–Kier alpha value is -3.30. The molecule has 6 nitrogen and oxygen atoms in total. The van der Waals surface area contributed by atoms with Gasteiger partial charge in [-0.25, -0.2) is 9.97 Å². The highest BCUT2D eigenvalue weighted by Crippen LogP contribution is 2.38. The maximum atomic E-state index is 13.8. The van der Waals surface area contributed by atoms with Gasteiger partial charge in [0.25, 0.3) is 5.66 Å². The van der Waals surface area contributed by atoms with Crippen molar-refractivity contribution < 1.29 is 13.5 Å². The van der Waals surface area contributed by atoms with Gasteiger partial charge in [-0.05, 0) is 57.3 Å². The first kappa shape index (κ1) is 26.8. The van der Waals surface area contributed by atoms with Crippen LogP contribution in [0, 0.1) is 11.8 Å². The zero-order chi connectivity index (χ0) is 26.4. The van der Waals surface area contributed by atoms with Crippen LogP contribution in [-0.4, -0.2) is 45.9 Å². The minimum atomic E-state index is -2.98. The maximum Gasteiger partial charge on any atom is 0.280 e. The van der Waals surface area contributed by atoms with Gasteiger partial charge in [-0.3, -0.25) is 4.98 Å². The molecule has 2 fully saturated rings. The third kappa shape index (κ3) is 6.93. The highest BCUT2D eigenvalue weighted by Gasteiger charge is 2.31. The van der Waals surface area contributed by atoms with Crippen molar-refractivity contribution in [1.82, 2.24) is 15.0 Å². The molecule has 9 heteroatoms. The summed E-state index contributed by atoms with van der Waals surface area (Å²) in [4.78, 5) is 17.6. The van der Waals surface area contributed by atoms with Crippen LogP contribution in [0.2, 0.25) is 0 Å². The van der Waals surface area contributed by atoms with E-state index in [2.05, 4.69) is 43.2 Å². The Morgan fingerprint density at radius 2 is 1.89 bits per heavy atom. The highest BCUT2D eigenvalue weighted by molar-refractivity contribution is 7.18. The lowest BCUT2D eigenvalue weighted by Crippen LogP contribution is -2.45. The summed E-state index contributed by atoms with van der Waals surface area (Å²) in [6.07, 6.45) is 15.6. The summed E-state index contributed by atoms with van der Waals surface area (Å²) in [6, 6.07) is 1.94. The Bertz CT molecular complexity index is 1220. The molecule has 2 aromatic heterocycles. The molecule has 0 N–H and O–H groups in total. The molecule has 4 rings (SSSR count). The van der Waals surface area contributed by atoms with Gasteiger partial charge >= 0.3 is 0 Å². The van der Waals surface area contributed by atoms with E-state index in [9.17, 15) is 8.78 Å². The highest BCUT2D eigenvalue weighted by atomic mass is 31.0. The summed E-state index contributed by atoms with van der Waals surface area (Å²) < 4.78 is 33.8. The van der Waals surface area contributed by atoms with Crippen molar-refractivity contribution in [3.8, 4) is 17.6 Å². The number of halogens is 2. The first-order chi connectivity index (χ1) is 17.8. The van der Waals surface area contributed by atoms with Gasteiger partial charge in [0.05, 0.1) is 17.9 Å². The fourth-order valence-electron chi connectivity index (χ4n) is 4.15. The predicted octanol–water partition coefficient (Wildman–Crippen LogP) is 5.74. The van der Waals surface area contributed by atoms with Crippen molar-refractivity contribution in [1.29, 1.82) is 0 Å². The number of pyridine rings is 1. The first-order valence-corrected chi connectivity index (χ1v) is 13.0. The number of allylic oxidation sites excluding steroid dienone is 4. The van der Waals surface area contributed by atoms with Crippen molar-refractivity contribution in [2.75, 3.05) is 22.9 Å². The summed E-state index contributed by atoms with van der Waals surface area (Å²) in [7, 11) is 1.58. The van der Waals surface area contributed by atoms with Gasteiger partial charge in [0.15, 0.2) is 0 Å². The van der Waals surface area contributed by atoms with E-state index in [0.29, 0.717) is 11.6 Å². The Morgan fingerprint density at radius 1 is 1.19 bits per heavy atom. The molecule has 1 atom stereocenters. The van der Waals surface area contributed by atoms with Crippen molar-refractivity contribution in [3.05, 3.63) is 72.5 Å². The van der Waals surface area contributed by atoms with Crippen LogP contribution in [0.5, 0.6) is 5.75 Å². The van der Waals surface area contributed by atoms with E-state index in [4.69, 9.17) is 4.74 Å². The SMILES string of the molecule is C=C/C(=C\C=C(/C)C(F)(F)P)N(c1cnccc1OC1CC1)C1CCN(c2ncc(C#CC)cn2)CC1. The second-order valence-corrected chi connectivity index (χ2v) is 9.89. The van der Waals surface area contributed by atoms with Crippen molar-refractivity contribution >= 4 is 20.9 Å². The third-order valence-electron chi connectivity index (χ3n) is 6.38. The van der Waals surface area contributed by atoms with E-state index in [1.54, 1.807) is 53.1 Å². The average Bonchev–Trinajstić information content (AvgIpc) is 3.71. The number of aromatic nitrogens is 3. The number of alkyl halides is 2. The molecule has 1 saturated heterocycles. The number of hydrogen-bond acceptors (Lipinski definition) is 6. The lowest BCUT2D eigenvalue weighted by Gasteiger charge is -2.40. The van der Waals surface area contributed by atoms with Crippen LogP contribution in [0.25, 0.3) is 0 Å². The summed E-state index contributed by atoms with van der Waals surface area (Å²) >= 11 is 0. The summed E-state index contributed by atoms with van der Waals surface area (Å²) in [5, 5.41) is 0. The lowest BCUT2D eigenvalue weighted by molar-refractivity contribution is 0.147. The van der Waals surface area contributed by atoms with E-state index in [1.807, 2.05) is 6.07 Å². The van der Waals surface area contributed by atoms with E-state index >= 15 is 0 Å². The molecule has 0 amide bonds. The standard InChI is InChI=1S/C28H32F2N5OP/c1-4-6-21-17-32-27(33-18-21)34-15-12-23(13-16-34)35(22(5-2)8-7-20(3)28(29,30)37)25-19-31-14-11-26(25)36-24-9-10-24/h5,7-8,11,14,17-19,23-24H,2,9-10,12-13,15-16,37H2,1,3H3/b20-7+,22-8+. The van der Waals surface area contributed by atoms with E-state index < -0.39 is 5.66 Å². The van der Waals surface area contributed by atoms with Crippen LogP contribution in [0.15, 0.2) is 66.9 Å². The minimum absolute atomic E-state index is 0.0550. The Kier molecular flexibility index (Phi) is 8.56. The van der Waals surface area contributed by atoms with E-state index in [1.165, 1.54) is 13.0 Å². The number of rotatable bonds is 9. The van der Waals surface area contributed by atoms with Crippen LogP contribution in [0.3, 0.4) is 0 Å². The van der Waals surface area contributed by atoms with Crippen LogP contribution in [-0.2, 0) is 0 Å². The van der Waals surface area contributed by atoms with Crippen molar-refractivity contribution in [2.24, 2.45) is 0 Å². The maximum absolute atomic E-state index is 13.8. The fourth-order valence-corrected chi connectivity index (χ4v) is 4.25. The molecule has 0 bridgehead atoms. The molecule has 1 aliphatic carbocycles. The van der Waals surface area contributed by atoms with E-state index in [0.717, 1.165) is 55.8 Å². The van der Waals surface area contributed by atoms with Gasteiger partial charge in [-0.2, -0.15) is 8.78 Å². The van der Waals surface area contributed by atoms with Gasteiger partial charge < -0.3 is 14.5 Å². The third-order valence-corrected chi connectivity index (χ3v) is 6.83. The molecular formula is C28H32F2N5OP. The normalized spacial score (nSPS) is 17.2. The quantitative estimate of drug-likeness (QED) is 0.237. The van der Waals surface area contributed by atoms with Gasteiger partial charge in [0.2, 0.25) is 5.95 Å². The zero-order valence-electron chi connectivity index (χ0n) is 21.2. The van der Waals surface area contributed by atoms with Gasteiger partial charge in [0, 0.05) is 49.5 Å². The topological polar surface area (TPSA) is 54.4 Å². The Morgan fingerprint density at radius 3 is 2.49 bits per heavy atom. The van der Waals surface area contributed by atoms with Gasteiger partial charge in [-0.1, -0.05) is 27.8 Å². The lowest BCUT2D eigenvalue weighted by atomic mass is 10.0. The number of anilines is 2. The summed E-state index contributed by atoms with van der Waals surface area (Å²) in [5.41, 5.74) is -0.736. The number of ether oxygens (including phenoxy) is 1. The molecular weight excluding hydrogens is 491 g/mol. The Labute approximate surface area is 219 Å². The van der Waals surface area contributed by atoms with Gasteiger partial charge in [-0.15, -0.1) is 5.92 Å². The number of hydrogen-bond donors (Lipinski definition) is 0. The molecule has 2 aromatic rings.